The molecule has 17 heavy (non-hydrogen) atoms. The molecule has 0 aromatic carbocycles. The lowest BCUT2D eigenvalue weighted by atomic mass is 10.2. The van der Waals surface area contributed by atoms with Crippen LogP contribution in [0.3, 0.4) is 0 Å². The maximum Gasteiger partial charge on any atom is 0.371 e. The molecule has 0 fully saturated rings. The second kappa shape index (κ2) is 6.42. The Balaban J connectivity index is 2.55. The van der Waals surface area contributed by atoms with Crippen LogP contribution in [0.1, 0.15) is 35.7 Å². The third-order valence-corrected chi connectivity index (χ3v) is 2.77. The molecule has 1 aromatic rings. The number of rotatable bonds is 7. The minimum Gasteiger partial charge on any atom is -0.475 e. The van der Waals surface area contributed by atoms with Gasteiger partial charge in [0, 0.05) is 20.3 Å². The number of hydrogen-bond donors (Lipinski definition) is 1. The summed E-state index contributed by atoms with van der Waals surface area (Å²) in [7, 11) is 3.65. The van der Waals surface area contributed by atoms with Gasteiger partial charge in [-0.3, -0.25) is 4.90 Å². The van der Waals surface area contributed by atoms with Crippen molar-refractivity contribution in [3.63, 3.8) is 0 Å². The van der Waals surface area contributed by atoms with Gasteiger partial charge in [-0.25, -0.2) is 4.79 Å². The molecule has 5 nitrogen and oxygen atoms in total. The topological polar surface area (TPSA) is 62.9 Å². The van der Waals surface area contributed by atoms with Crippen molar-refractivity contribution < 1.29 is 19.1 Å². The molecule has 96 valence electrons. The fourth-order valence-electron chi connectivity index (χ4n) is 1.56. The molecule has 0 amide bonds. The van der Waals surface area contributed by atoms with E-state index in [4.69, 9.17) is 14.3 Å². The second-order valence-corrected chi connectivity index (χ2v) is 4.01. The number of carboxylic acids is 1. The summed E-state index contributed by atoms with van der Waals surface area (Å²) in [6, 6.07) is 3.25. The standard InChI is InChI=1S/C12H19NO4/c1-9(13(2)7-4-8-16-3)10-5-6-11(17-10)12(14)15/h5-6,9H,4,7-8H2,1-3H3,(H,14,15). The van der Waals surface area contributed by atoms with E-state index in [0.717, 1.165) is 19.6 Å². The molecular formula is C12H19NO4. The van der Waals surface area contributed by atoms with Crippen LogP contribution in [0, 0.1) is 0 Å². The van der Waals surface area contributed by atoms with Crippen LogP contribution in [0.4, 0.5) is 0 Å². The van der Waals surface area contributed by atoms with Crippen molar-refractivity contribution >= 4 is 5.97 Å². The van der Waals surface area contributed by atoms with Crippen LogP contribution in [0.5, 0.6) is 0 Å². The number of carbonyl (C=O) groups is 1. The Hall–Kier alpha value is -1.33. The van der Waals surface area contributed by atoms with Crippen LogP contribution in [0.15, 0.2) is 16.5 Å². The summed E-state index contributed by atoms with van der Waals surface area (Å²) in [6.07, 6.45) is 0.934. The fourth-order valence-corrected chi connectivity index (χ4v) is 1.56. The van der Waals surface area contributed by atoms with E-state index in [1.54, 1.807) is 13.2 Å². The van der Waals surface area contributed by atoms with Gasteiger partial charge in [0.05, 0.1) is 6.04 Å². The zero-order valence-corrected chi connectivity index (χ0v) is 10.5. The van der Waals surface area contributed by atoms with E-state index in [1.165, 1.54) is 6.07 Å². The van der Waals surface area contributed by atoms with Gasteiger partial charge in [-0.1, -0.05) is 0 Å². The highest BCUT2D eigenvalue weighted by atomic mass is 16.5. The van der Waals surface area contributed by atoms with Crippen molar-refractivity contribution in [2.24, 2.45) is 0 Å². The normalized spacial score (nSPS) is 12.9. The summed E-state index contributed by atoms with van der Waals surface area (Å²) in [4.78, 5) is 12.8. The van der Waals surface area contributed by atoms with Gasteiger partial charge in [0.25, 0.3) is 0 Å². The minimum atomic E-state index is -1.04. The Labute approximate surface area is 101 Å². The zero-order valence-electron chi connectivity index (χ0n) is 10.5. The molecule has 5 heteroatoms. The molecule has 1 heterocycles. The molecule has 0 aliphatic carbocycles. The molecule has 1 aromatic heterocycles. The summed E-state index contributed by atoms with van der Waals surface area (Å²) in [5, 5.41) is 8.77. The SMILES string of the molecule is COCCCN(C)C(C)c1ccc(C(=O)O)o1. The Bertz CT molecular complexity index is 361. The number of carboxylic acid groups (broad SMARTS) is 1. The fraction of sp³-hybridized carbons (Fsp3) is 0.583. The molecule has 0 aliphatic rings. The molecule has 1 atom stereocenters. The van der Waals surface area contributed by atoms with Gasteiger partial charge in [-0.05, 0) is 32.5 Å². The predicted molar refractivity (Wildman–Crippen MR) is 63.2 cm³/mol. The maximum atomic E-state index is 10.7. The van der Waals surface area contributed by atoms with E-state index in [2.05, 4.69) is 4.90 Å². The van der Waals surface area contributed by atoms with Gasteiger partial charge in [0.1, 0.15) is 5.76 Å². The Morgan fingerprint density at radius 1 is 1.59 bits per heavy atom. The lowest BCUT2D eigenvalue weighted by Gasteiger charge is -2.22. The smallest absolute Gasteiger partial charge is 0.371 e. The lowest BCUT2D eigenvalue weighted by Crippen LogP contribution is -2.24. The highest BCUT2D eigenvalue weighted by Gasteiger charge is 2.17. The third-order valence-electron chi connectivity index (χ3n) is 2.77. The molecule has 0 saturated heterocycles. The maximum absolute atomic E-state index is 10.7. The Morgan fingerprint density at radius 2 is 2.29 bits per heavy atom. The van der Waals surface area contributed by atoms with E-state index in [0.29, 0.717) is 5.76 Å². The molecule has 0 saturated carbocycles. The van der Waals surface area contributed by atoms with Gasteiger partial charge in [-0.15, -0.1) is 0 Å². The number of hydrogen-bond acceptors (Lipinski definition) is 4. The molecule has 1 rings (SSSR count). The van der Waals surface area contributed by atoms with Gasteiger partial charge in [-0.2, -0.15) is 0 Å². The van der Waals surface area contributed by atoms with Gasteiger partial charge < -0.3 is 14.3 Å². The summed E-state index contributed by atoms with van der Waals surface area (Å²) >= 11 is 0. The first-order chi connectivity index (χ1) is 8.06. The van der Waals surface area contributed by atoms with Gasteiger partial charge in [0.2, 0.25) is 5.76 Å². The summed E-state index contributed by atoms with van der Waals surface area (Å²) < 4.78 is 10.2. The molecule has 0 bridgehead atoms. The van der Waals surface area contributed by atoms with Crippen molar-refractivity contribution in [2.75, 3.05) is 27.3 Å². The second-order valence-electron chi connectivity index (χ2n) is 4.01. The quantitative estimate of drug-likeness (QED) is 0.740. The number of furan rings is 1. The third kappa shape index (κ3) is 3.87. The predicted octanol–water partition coefficient (Wildman–Crippen LogP) is 2.01. The van der Waals surface area contributed by atoms with Crippen LogP contribution in [-0.4, -0.2) is 43.3 Å². The summed E-state index contributed by atoms with van der Waals surface area (Å²) in [5.41, 5.74) is 0. The van der Waals surface area contributed by atoms with Gasteiger partial charge >= 0.3 is 5.97 Å². The first-order valence-electron chi connectivity index (χ1n) is 5.58. The van der Waals surface area contributed by atoms with Crippen LogP contribution in [0.25, 0.3) is 0 Å². The number of methoxy groups -OCH3 is 1. The van der Waals surface area contributed by atoms with E-state index in [-0.39, 0.29) is 11.8 Å². The largest absolute Gasteiger partial charge is 0.475 e. The molecular weight excluding hydrogens is 222 g/mol. The summed E-state index contributed by atoms with van der Waals surface area (Å²) in [6.45, 7) is 3.57. The first-order valence-corrected chi connectivity index (χ1v) is 5.58. The van der Waals surface area contributed by atoms with Crippen molar-refractivity contribution in [1.82, 2.24) is 4.90 Å². The monoisotopic (exact) mass is 241 g/mol. The number of nitrogens with zero attached hydrogens (tertiary/aromatic N) is 1. The van der Waals surface area contributed by atoms with Crippen LogP contribution < -0.4 is 0 Å². The molecule has 1 unspecified atom stereocenters. The highest BCUT2D eigenvalue weighted by molar-refractivity contribution is 5.84. The van der Waals surface area contributed by atoms with Crippen molar-refractivity contribution in [2.45, 2.75) is 19.4 Å². The van der Waals surface area contributed by atoms with E-state index < -0.39 is 5.97 Å². The zero-order chi connectivity index (χ0) is 12.8. The van der Waals surface area contributed by atoms with Crippen LogP contribution in [0.2, 0.25) is 0 Å². The Morgan fingerprint density at radius 3 is 2.82 bits per heavy atom. The average Bonchev–Trinajstić information content (AvgIpc) is 2.77. The highest BCUT2D eigenvalue weighted by Crippen LogP contribution is 2.21. The number of ether oxygens (including phenoxy) is 1. The van der Waals surface area contributed by atoms with E-state index >= 15 is 0 Å². The van der Waals surface area contributed by atoms with Crippen molar-refractivity contribution in [3.8, 4) is 0 Å². The average molecular weight is 241 g/mol. The molecule has 0 spiro atoms. The van der Waals surface area contributed by atoms with Crippen molar-refractivity contribution in [1.29, 1.82) is 0 Å². The van der Waals surface area contributed by atoms with Gasteiger partial charge in [0.15, 0.2) is 0 Å². The van der Waals surface area contributed by atoms with E-state index in [1.807, 2.05) is 14.0 Å². The van der Waals surface area contributed by atoms with Crippen LogP contribution in [-0.2, 0) is 4.74 Å². The molecule has 0 radical (unpaired) electrons. The summed E-state index contributed by atoms with van der Waals surface area (Å²) in [5.74, 6) is -0.384. The Kier molecular flexibility index (Phi) is 5.18. The number of aromatic carboxylic acids is 1. The minimum absolute atomic E-state index is 0.0165. The molecule has 1 N–H and O–H groups in total. The van der Waals surface area contributed by atoms with E-state index in [9.17, 15) is 4.79 Å². The first kappa shape index (κ1) is 13.7. The van der Waals surface area contributed by atoms with Crippen molar-refractivity contribution in [3.05, 3.63) is 23.7 Å². The van der Waals surface area contributed by atoms with Crippen LogP contribution >= 0.6 is 0 Å². The molecule has 0 aliphatic heterocycles. The lowest BCUT2D eigenvalue weighted by molar-refractivity contribution is 0.0656.